The van der Waals surface area contributed by atoms with Crippen LogP contribution in [0.5, 0.6) is 0 Å². The Kier molecular flexibility index (Phi) is 10.8. The number of anilines is 2. The van der Waals surface area contributed by atoms with E-state index in [1.54, 1.807) is 13.8 Å². The van der Waals surface area contributed by atoms with Crippen LogP contribution < -0.4 is 10.6 Å². The summed E-state index contributed by atoms with van der Waals surface area (Å²) in [5.74, 6) is -1.25. The number of amides is 2. The van der Waals surface area contributed by atoms with Crippen LogP contribution in [0.3, 0.4) is 0 Å². The molecule has 12 nitrogen and oxygen atoms in total. The molecule has 0 aliphatic rings. The lowest BCUT2D eigenvalue weighted by atomic mass is 10.1. The number of carbonyl (C=O) groups is 4. The number of nitro groups is 2. The zero-order chi connectivity index (χ0) is 26.9. The number of hydrogen-bond donors (Lipinski definition) is 2. The molecule has 0 aromatic heterocycles. The van der Waals surface area contributed by atoms with E-state index in [-0.39, 0.29) is 51.9 Å². The molecule has 0 spiro atoms. The zero-order valence-corrected chi connectivity index (χ0v) is 20.9. The Morgan fingerprint density at radius 3 is 1.60 bits per heavy atom. The molecule has 2 rings (SSSR count). The second-order valence-corrected chi connectivity index (χ2v) is 8.47. The molecule has 1 unspecified atom stereocenters. The van der Waals surface area contributed by atoms with E-state index in [1.165, 1.54) is 44.2 Å². The van der Waals surface area contributed by atoms with E-state index in [0.717, 1.165) is 6.07 Å². The van der Waals surface area contributed by atoms with Gasteiger partial charge in [0.1, 0.15) is 11.4 Å². The van der Waals surface area contributed by atoms with Gasteiger partial charge >= 0.3 is 0 Å². The van der Waals surface area contributed by atoms with Crippen molar-refractivity contribution < 1.29 is 29.0 Å². The Morgan fingerprint density at radius 2 is 1.26 bits per heavy atom. The summed E-state index contributed by atoms with van der Waals surface area (Å²) in [7, 11) is 0. The van der Waals surface area contributed by atoms with Gasteiger partial charge in [0.05, 0.1) is 14.7 Å². The Hall–Kier alpha value is -4.00. The van der Waals surface area contributed by atoms with Crippen LogP contribution in [0.2, 0.25) is 0 Å². The fraction of sp³-hybridized carbons (Fsp3) is 0.273. The third kappa shape index (κ3) is 8.70. The molecule has 0 aliphatic heterocycles. The first-order chi connectivity index (χ1) is 16.3. The van der Waals surface area contributed by atoms with Crippen LogP contribution >= 0.6 is 15.9 Å². The standard InChI is InChI=1S/C11H11BrN2O4.C11H12N2O4/c1-6(12)11(16)8-3-4-9(13-7(2)15)10(5-8)14(17)18;1-3-11(15)8-4-5-9(12-7(2)14)10(6-8)13(16)17/h3-6H,1-2H3,(H,13,15);4-6H,3H2,1-2H3,(H,12,14). The number of rotatable bonds is 8. The van der Waals surface area contributed by atoms with Crippen LogP contribution in [-0.2, 0) is 9.59 Å². The third-order valence-corrected chi connectivity index (χ3v) is 4.71. The van der Waals surface area contributed by atoms with Gasteiger partial charge < -0.3 is 10.6 Å². The van der Waals surface area contributed by atoms with Crippen LogP contribution in [0.1, 0.15) is 54.8 Å². The van der Waals surface area contributed by atoms with E-state index in [1.807, 2.05) is 0 Å². The molecule has 0 saturated carbocycles. The summed E-state index contributed by atoms with van der Waals surface area (Å²) in [5.41, 5.74) is 0.0820. The van der Waals surface area contributed by atoms with Gasteiger partial charge in [-0.25, -0.2) is 0 Å². The molecule has 0 saturated heterocycles. The fourth-order valence-electron chi connectivity index (χ4n) is 2.72. The monoisotopic (exact) mass is 550 g/mol. The van der Waals surface area contributed by atoms with E-state index in [0.29, 0.717) is 0 Å². The van der Waals surface area contributed by atoms with E-state index in [2.05, 4.69) is 26.6 Å². The highest BCUT2D eigenvalue weighted by molar-refractivity contribution is 9.10. The number of ketones is 2. The summed E-state index contributed by atoms with van der Waals surface area (Å²) >= 11 is 3.11. The minimum atomic E-state index is -0.638. The molecule has 0 fully saturated rings. The summed E-state index contributed by atoms with van der Waals surface area (Å²) in [4.78, 5) is 64.9. The van der Waals surface area contributed by atoms with Crippen molar-refractivity contribution in [3.8, 4) is 0 Å². The van der Waals surface area contributed by atoms with Gasteiger partial charge in [0.25, 0.3) is 11.4 Å². The van der Waals surface area contributed by atoms with Gasteiger partial charge in [-0.15, -0.1) is 0 Å². The minimum absolute atomic E-state index is 0.0753. The quantitative estimate of drug-likeness (QED) is 0.206. The predicted octanol–water partition coefficient (Wildman–Crippen LogP) is 4.67. The SMILES string of the molecule is CC(=O)Nc1ccc(C(=O)C(C)Br)cc1[N+](=O)[O-].CCC(=O)c1ccc(NC(C)=O)c([N+](=O)[O-])c1. The summed E-state index contributed by atoms with van der Waals surface area (Å²) in [6.45, 7) is 5.82. The van der Waals surface area contributed by atoms with Gasteiger partial charge in [0.2, 0.25) is 11.8 Å². The lowest BCUT2D eigenvalue weighted by Gasteiger charge is -2.06. The van der Waals surface area contributed by atoms with Crippen molar-refractivity contribution >= 4 is 62.1 Å². The summed E-state index contributed by atoms with van der Waals surface area (Å²) in [6.07, 6.45) is 0.274. The van der Waals surface area contributed by atoms with E-state index < -0.39 is 26.5 Å². The summed E-state index contributed by atoms with van der Waals surface area (Å²) in [5, 5.41) is 26.4. The van der Waals surface area contributed by atoms with Gasteiger partial charge in [-0.3, -0.25) is 39.4 Å². The van der Waals surface area contributed by atoms with Crippen molar-refractivity contribution in [2.24, 2.45) is 0 Å². The highest BCUT2D eigenvalue weighted by atomic mass is 79.9. The zero-order valence-electron chi connectivity index (χ0n) is 19.3. The lowest BCUT2D eigenvalue weighted by Crippen LogP contribution is -2.12. The van der Waals surface area contributed by atoms with Crippen molar-refractivity contribution in [3.63, 3.8) is 0 Å². The normalized spacial score (nSPS) is 10.8. The lowest BCUT2D eigenvalue weighted by molar-refractivity contribution is -0.384. The fourth-order valence-corrected chi connectivity index (χ4v) is 2.98. The molecule has 2 aromatic rings. The van der Waals surface area contributed by atoms with Crippen molar-refractivity contribution in [3.05, 3.63) is 67.8 Å². The topological polar surface area (TPSA) is 179 Å². The number of alkyl halides is 1. The van der Waals surface area contributed by atoms with E-state index in [4.69, 9.17) is 0 Å². The molecule has 0 radical (unpaired) electrons. The molecule has 13 heteroatoms. The molecule has 2 N–H and O–H groups in total. The Morgan fingerprint density at radius 1 is 0.857 bits per heavy atom. The number of nitro benzene ring substituents is 2. The molecule has 35 heavy (non-hydrogen) atoms. The molecule has 0 aliphatic carbocycles. The minimum Gasteiger partial charge on any atom is -0.321 e. The van der Waals surface area contributed by atoms with Crippen LogP contribution in [0.15, 0.2) is 36.4 Å². The first kappa shape index (κ1) is 29.0. The maximum Gasteiger partial charge on any atom is 0.293 e. The maximum atomic E-state index is 11.7. The second kappa shape index (κ2) is 13.0. The number of nitrogens with zero attached hydrogens (tertiary/aromatic N) is 2. The highest BCUT2D eigenvalue weighted by Gasteiger charge is 2.20. The van der Waals surface area contributed by atoms with Crippen LogP contribution in [0.4, 0.5) is 22.7 Å². The first-order valence-electron chi connectivity index (χ1n) is 10.1. The van der Waals surface area contributed by atoms with Crippen molar-refractivity contribution in [1.29, 1.82) is 0 Å². The predicted molar refractivity (Wildman–Crippen MR) is 132 cm³/mol. The molecular weight excluding hydrogens is 528 g/mol. The maximum absolute atomic E-state index is 11.7. The van der Waals surface area contributed by atoms with Gasteiger partial charge in [-0.2, -0.15) is 0 Å². The van der Waals surface area contributed by atoms with E-state index >= 15 is 0 Å². The van der Waals surface area contributed by atoms with Gasteiger partial charge in [-0.1, -0.05) is 22.9 Å². The Balaban J connectivity index is 0.000000351. The number of benzene rings is 2. The van der Waals surface area contributed by atoms with Crippen molar-refractivity contribution in [2.75, 3.05) is 10.6 Å². The molecule has 2 aromatic carbocycles. The van der Waals surface area contributed by atoms with Gasteiger partial charge in [0, 0.05) is 43.5 Å². The molecule has 2 amide bonds. The Labute approximate surface area is 208 Å². The van der Waals surface area contributed by atoms with Gasteiger partial charge in [-0.05, 0) is 31.2 Å². The average molecular weight is 551 g/mol. The third-order valence-electron chi connectivity index (χ3n) is 4.30. The summed E-state index contributed by atoms with van der Waals surface area (Å²) in [6, 6.07) is 7.95. The number of halogens is 1. The summed E-state index contributed by atoms with van der Waals surface area (Å²) < 4.78 is 0. The van der Waals surface area contributed by atoms with Crippen LogP contribution in [0, 0.1) is 20.2 Å². The van der Waals surface area contributed by atoms with Gasteiger partial charge in [0.15, 0.2) is 11.6 Å². The first-order valence-corrected chi connectivity index (χ1v) is 11.0. The molecular formula is C22H23BrN4O8. The van der Waals surface area contributed by atoms with Crippen LogP contribution in [0.25, 0.3) is 0 Å². The highest BCUT2D eigenvalue weighted by Crippen LogP contribution is 2.27. The number of carbonyl (C=O) groups excluding carboxylic acids is 4. The molecule has 0 heterocycles. The van der Waals surface area contributed by atoms with Crippen molar-refractivity contribution in [2.45, 2.75) is 38.9 Å². The molecule has 186 valence electrons. The smallest absolute Gasteiger partial charge is 0.293 e. The number of nitrogens with one attached hydrogen (secondary N) is 2. The van der Waals surface area contributed by atoms with E-state index in [9.17, 15) is 39.4 Å². The number of Topliss-reactive ketones (excluding diaryl/α,β-unsaturated/α-hetero) is 2. The van der Waals surface area contributed by atoms with Crippen LogP contribution in [-0.4, -0.2) is 38.1 Å². The second-order valence-electron chi connectivity index (χ2n) is 7.10. The number of hydrogen-bond acceptors (Lipinski definition) is 8. The Bertz CT molecular complexity index is 1180. The molecule has 1 atom stereocenters. The largest absolute Gasteiger partial charge is 0.321 e. The van der Waals surface area contributed by atoms with Crippen molar-refractivity contribution in [1.82, 2.24) is 0 Å². The molecule has 0 bridgehead atoms. The average Bonchev–Trinajstić information content (AvgIpc) is 2.77.